The summed E-state index contributed by atoms with van der Waals surface area (Å²) in [6.45, 7) is 16.6. The van der Waals surface area contributed by atoms with E-state index in [1.54, 1.807) is 0 Å². The minimum absolute atomic E-state index is 0. The molecule has 0 unspecified atom stereocenters. The van der Waals surface area contributed by atoms with Crippen molar-refractivity contribution in [3.05, 3.63) is 0 Å². The molecular formula is C15H34IN5. The van der Waals surface area contributed by atoms with E-state index in [4.69, 9.17) is 5.73 Å². The van der Waals surface area contributed by atoms with Crippen LogP contribution in [-0.2, 0) is 0 Å². The van der Waals surface area contributed by atoms with Gasteiger partial charge < -0.3 is 20.9 Å². The number of nitrogens with one attached hydrogen (secondary N) is 1. The van der Waals surface area contributed by atoms with Crippen molar-refractivity contribution < 1.29 is 0 Å². The largest absolute Gasteiger partial charge is 0.370 e. The SMILES string of the molecule is CCN1CCN(CCCCN=C(N)NC(C)(C)C)CC1.I. The molecule has 1 fully saturated rings. The summed E-state index contributed by atoms with van der Waals surface area (Å²) >= 11 is 0. The number of halogens is 1. The lowest BCUT2D eigenvalue weighted by Gasteiger charge is -2.33. The fourth-order valence-electron chi connectivity index (χ4n) is 2.40. The van der Waals surface area contributed by atoms with E-state index < -0.39 is 0 Å². The third-order valence-corrected chi connectivity index (χ3v) is 3.58. The third kappa shape index (κ3) is 10.3. The van der Waals surface area contributed by atoms with Gasteiger partial charge in [-0.25, -0.2) is 0 Å². The fraction of sp³-hybridized carbons (Fsp3) is 0.933. The Morgan fingerprint density at radius 1 is 1.10 bits per heavy atom. The number of unbranched alkanes of at least 4 members (excludes halogenated alkanes) is 1. The zero-order valence-corrected chi connectivity index (χ0v) is 16.5. The summed E-state index contributed by atoms with van der Waals surface area (Å²) in [5.74, 6) is 0.564. The summed E-state index contributed by atoms with van der Waals surface area (Å²) in [5, 5.41) is 3.18. The quantitative estimate of drug-likeness (QED) is 0.303. The third-order valence-electron chi connectivity index (χ3n) is 3.58. The van der Waals surface area contributed by atoms with E-state index in [1.165, 1.54) is 45.7 Å². The molecule has 0 atom stereocenters. The summed E-state index contributed by atoms with van der Waals surface area (Å²) in [7, 11) is 0. The van der Waals surface area contributed by atoms with E-state index >= 15 is 0 Å². The van der Waals surface area contributed by atoms with Crippen molar-refractivity contribution in [3.8, 4) is 0 Å². The number of likely N-dealkylation sites (N-methyl/N-ethyl adjacent to an activating group) is 1. The number of hydrogen-bond acceptors (Lipinski definition) is 3. The highest BCUT2D eigenvalue weighted by Gasteiger charge is 2.14. The molecule has 0 saturated carbocycles. The summed E-state index contributed by atoms with van der Waals surface area (Å²) in [5.41, 5.74) is 5.83. The molecule has 0 aliphatic carbocycles. The monoisotopic (exact) mass is 411 g/mol. The maximum Gasteiger partial charge on any atom is 0.188 e. The van der Waals surface area contributed by atoms with Crippen molar-refractivity contribution >= 4 is 29.9 Å². The van der Waals surface area contributed by atoms with Gasteiger partial charge in [0.25, 0.3) is 0 Å². The molecule has 1 heterocycles. The number of hydrogen-bond donors (Lipinski definition) is 2. The number of piperazine rings is 1. The van der Waals surface area contributed by atoms with E-state index in [1.807, 2.05) is 0 Å². The summed E-state index contributed by atoms with van der Waals surface area (Å²) < 4.78 is 0. The van der Waals surface area contributed by atoms with Crippen LogP contribution in [0.2, 0.25) is 0 Å². The molecule has 0 bridgehead atoms. The summed E-state index contributed by atoms with van der Waals surface area (Å²) in [6, 6.07) is 0. The van der Waals surface area contributed by atoms with Crippen LogP contribution in [0.1, 0.15) is 40.5 Å². The second-order valence-electron chi connectivity index (χ2n) is 6.62. The molecule has 0 radical (unpaired) electrons. The molecule has 0 amide bonds. The van der Waals surface area contributed by atoms with Crippen molar-refractivity contribution in [1.29, 1.82) is 0 Å². The molecular weight excluding hydrogens is 377 g/mol. The van der Waals surface area contributed by atoms with Gasteiger partial charge in [-0.2, -0.15) is 0 Å². The molecule has 21 heavy (non-hydrogen) atoms. The molecule has 1 aliphatic rings. The van der Waals surface area contributed by atoms with Crippen LogP contribution in [0.5, 0.6) is 0 Å². The topological polar surface area (TPSA) is 56.9 Å². The molecule has 3 N–H and O–H groups in total. The highest BCUT2D eigenvalue weighted by Crippen LogP contribution is 2.03. The molecule has 0 spiro atoms. The lowest BCUT2D eigenvalue weighted by Crippen LogP contribution is -2.46. The molecule has 0 aromatic rings. The predicted molar refractivity (Wildman–Crippen MR) is 103 cm³/mol. The smallest absolute Gasteiger partial charge is 0.188 e. The van der Waals surface area contributed by atoms with Crippen LogP contribution < -0.4 is 11.1 Å². The van der Waals surface area contributed by atoms with Crippen LogP contribution in [-0.4, -0.2) is 67.1 Å². The average Bonchev–Trinajstić information content (AvgIpc) is 2.37. The van der Waals surface area contributed by atoms with Gasteiger partial charge in [0.05, 0.1) is 0 Å². The highest BCUT2D eigenvalue weighted by molar-refractivity contribution is 14.0. The van der Waals surface area contributed by atoms with E-state index in [9.17, 15) is 0 Å². The maximum atomic E-state index is 5.84. The molecule has 1 saturated heterocycles. The highest BCUT2D eigenvalue weighted by atomic mass is 127. The summed E-state index contributed by atoms with van der Waals surface area (Å²) in [4.78, 5) is 9.45. The molecule has 0 aromatic carbocycles. The van der Waals surface area contributed by atoms with Crippen molar-refractivity contribution in [3.63, 3.8) is 0 Å². The number of rotatable bonds is 6. The van der Waals surface area contributed by atoms with E-state index in [-0.39, 0.29) is 29.5 Å². The van der Waals surface area contributed by atoms with Crippen LogP contribution in [0.3, 0.4) is 0 Å². The van der Waals surface area contributed by atoms with Gasteiger partial charge >= 0.3 is 0 Å². The first kappa shape index (κ1) is 20.9. The van der Waals surface area contributed by atoms with Gasteiger partial charge in [0, 0.05) is 38.3 Å². The van der Waals surface area contributed by atoms with E-state index in [0.29, 0.717) is 5.96 Å². The predicted octanol–water partition coefficient (Wildman–Crippen LogP) is 1.72. The first-order valence-electron chi connectivity index (χ1n) is 7.93. The van der Waals surface area contributed by atoms with Gasteiger partial charge in [-0.05, 0) is 46.7 Å². The minimum Gasteiger partial charge on any atom is -0.370 e. The van der Waals surface area contributed by atoms with Gasteiger partial charge in [-0.15, -0.1) is 24.0 Å². The molecule has 1 aliphatic heterocycles. The Bertz CT molecular complexity index is 293. The standard InChI is InChI=1S/C15H33N5.HI/c1-5-19-10-12-20(13-11-19)9-7-6-8-17-14(16)18-15(2,3)4;/h5-13H2,1-4H3,(H3,16,17,18);1H. The van der Waals surface area contributed by atoms with Crippen molar-refractivity contribution in [1.82, 2.24) is 15.1 Å². The first-order valence-corrected chi connectivity index (χ1v) is 7.93. The zero-order chi connectivity index (χ0) is 15.0. The molecule has 6 heteroatoms. The maximum absolute atomic E-state index is 5.84. The van der Waals surface area contributed by atoms with Crippen LogP contribution in [0.25, 0.3) is 0 Å². The van der Waals surface area contributed by atoms with Gasteiger partial charge in [0.15, 0.2) is 5.96 Å². The number of aliphatic imine (C=N–C) groups is 1. The lowest BCUT2D eigenvalue weighted by molar-refractivity contribution is 0.136. The molecule has 5 nitrogen and oxygen atoms in total. The van der Waals surface area contributed by atoms with Crippen LogP contribution >= 0.6 is 24.0 Å². The zero-order valence-electron chi connectivity index (χ0n) is 14.2. The van der Waals surface area contributed by atoms with Crippen molar-refractivity contribution in [2.45, 2.75) is 46.1 Å². The average molecular weight is 411 g/mol. The Labute approximate surface area is 147 Å². The normalized spacial score (nSPS) is 18.4. The van der Waals surface area contributed by atoms with Crippen molar-refractivity contribution in [2.24, 2.45) is 10.7 Å². The van der Waals surface area contributed by atoms with E-state index in [0.717, 1.165) is 13.0 Å². The first-order chi connectivity index (χ1) is 9.40. The van der Waals surface area contributed by atoms with Crippen molar-refractivity contribution in [2.75, 3.05) is 45.8 Å². The Morgan fingerprint density at radius 3 is 2.19 bits per heavy atom. The van der Waals surface area contributed by atoms with Gasteiger partial charge in [-0.1, -0.05) is 6.92 Å². The van der Waals surface area contributed by atoms with Gasteiger partial charge in [0.2, 0.25) is 0 Å². The molecule has 126 valence electrons. The summed E-state index contributed by atoms with van der Waals surface area (Å²) in [6.07, 6.45) is 2.32. The van der Waals surface area contributed by atoms with Gasteiger partial charge in [-0.3, -0.25) is 4.99 Å². The second kappa shape index (κ2) is 10.6. The fourth-order valence-corrected chi connectivity index (χ4v) is 2.40. The van der Waals surface area contributed by atoms with E-state index in [2.05, 4.69) is 47.8 Å². The molecule has 0 aromatic heterocycles. The number of nitrogens with two attached hydrogens (primary N) is 1. The Hall–Kier alpha value is -0.0800. The van der Waals surface area contributed by atoms with Crippen LogP contribution in [0.4, 0.5) is 0 Å². The van der Waals surface area contributed by atoms with Gasteiger partial charge in [0.1, 0.15) is 0 Å². The molecule has 1 rings (SSSR count). The number of nitrogens with zero attached hydrogens (tertiary/aromatic N) is 3. The van der Waals surface area contributed by atoms with Crippen LogP contribution in [0, 0.1) is 0 Å². The number of guanidine groups is 1. The Balaban J connectivity index is 0.00000400. The Kier molecular flexibility index (Phi) is 10.6. The minimum atomic E-state index is -0.00740. The van der Waals surface area contributed by atoms with Crippen LogP contribution in [0.15, 0.2) is 4.99 Å². The Morgan fingerprint density at radius 2 is 1.67 bits per heavy atom. The lowest BCUT2D eigenvalue weighted by atomic mass is 10.1. The second-order valence-corrected chi connectivity index (χ2v) is 6.62.